The van der Waals surface area contributed by atoms with Gasteiger partial charge in [0.25, 0.3) is 11.7 Å². The zero-order valence-electron chi connectivity index (χ0n) is 15.2. The molecule has 1 amide bonds. The van der Waals surface area contributed by atoms with Crippen molar-refractivity contribution in [2.75, 3.05) is 27.2 Å². The van der Waals surface area contributed by atoms with Crippen LogP contribution in [0.15, 0.2) is 60.2 Å². The van der Waals surface area contributed by atoms with E-state index in [1.807, 2.05) is 19.0 Å². The van der Waals surface area contributed by atoms with E-state index in [1.54, 1.807) is 36.4 Å². The molecular weight excluding hydrogens is 347 g/mol. The molecule has 0 radical (unpaired) electrons. The maximum Gasteiger partial charge on any atom is 0.295 e. The highest BCUT2D eigenvalue weighted by Crippen LogP contribution is 2.39. The molecule has 27 heavy (non-hydrogen) atoms. The van der Waals surface area contributed by atoms with Gasteiger partial charge in [-0.2, -0.15) is 0 Å². The van der Waals surface area contributed by atoms with Crippen molar-refractivity contribution in [2.45, 2.75) is 6.04 Å². The van der Waals surface area contributed by atoms with Gasteiger partial charge in [0, 0.05) is 18.7 Å². The molecule has 1 atom stereocenters. The van der Waals surface area contributed by atoms with Gasteiger partial charge in [-0.05, 0) is 31.8 Å². The van der Waals surface area contributed by atoms with Crippen LogP contribution in [0.1, 0.15) is 17.2 Å². The quantitative estimate of drug-likeness (QED) is 0.501. The summed E-state index contributed by atoms with van der Waals surface area (Å²) in [5, 5.41) is 10.8. The summed E-state index contributed by atoms with van der Waals surface area (Å²) >= 11 is 0. The summed E-state index contributed by atoms with van der Waals surface area (Å²) in [6.07, 6.45) is 0. The van der Waals surface area contributed by atoms with Crippen molar-refractivity contribution < 1.29 is 19.1 Å². The average Bonchev–Trinajstić information content (AvgIpc) is 2.91. The third kappa shape index (κ3) is 3.75. The molecule has 3 rings (SSSR count). The number of nitrogens with zero attached hydrogens (tertiary/aromatic N) is 2. The first kappa shape index (κ1) is 18.8. The van der Waals surface area contributed by atoms with Crippen LogP contribution < -0.4 is 0 Å². The third-order valence-corrected chi connectivity index (χ3v) is 4.54. The van der Waals surface area contributed by atoms with Crippen molar-refractivity contribution >= 4 is 17.4 Å². The largest absolute Gasteiger partial charge is 0.507 e. The van der Waals surface area contributed by atoms with Gasteiger partial charge in [-0.3, -0.25) is 9.59 Å². The predicted molar refractivity (Wildman–Crippen MR) is 100 cm³/mol. The van der Waals surface area contributed by atoms with Crippen LogP contribution in [0.25, 0.3) is 5.76 Å². The Morgan fingerprint density at radius 1 is 1.11 bits per heavy atom. The number of aliphatic hydroxyl groups is 1. The molecule has 1 saturated heterocycles. The van der Waals surface area contributed by atoms with Crippen molar-refractivity contribution in [2.24, 2.45) is 0 Å². The van der Waals surface area contributed by atoms with Crippen LogP contribution in [0.4, 0.5) is 4.39 Å². The van der Waals surface area contributed by atoms with Gasteiger partial charge >= 0.3 is 0 Å². The highest BCUT2D eigenvalue weighted by atomic mass is 19.1. The molecule has 0 saturated carbocycles. The molecule has 0 spiro atoms. The van der Waals surface area contributed by atoms with Gasteiger partial charge in [-0.25, -0.2) is 4.39 Å². The third-order valence-electron chi connectivity index (χ3n) is 4.54. The fourth-order valence-electron chi connectivity index (χ4n) is 3.19. The number of carbonyl (C=O) groups is 2. The van der Waals surface area contributed by atoms with Gasteiger partial charge in [0.1, 0.15) is 11.6 Å². The number of hydrogen-bond acceptors (Lipinski definition) is 4. The second-order valence-corrected chi connectivity index (χ2v) is 6.72. The number of amides is 1. The highest BCUT2D eigenvalue weighted by molar-refractivity contribution is 6.46. The standard InChI is InChI=1S/C21H21FN2O3/c1-23(2)11-12-24-18(15-9-6-10-16(22)13-15)17(20(26)21(24)27)19(25)14-7-4-3-5-8-14/h3-10,13,18,25H,11-12H2,1-2H3/t18-/m0/s1. The molecule has 6 heteroatoms. The lowest BCUT2D eigenvalue weighted by Crippen LogP contribution is -2.35. The lowest BCUT2D eigenvalue weighted by molar-refractivity contribution is -0.140. The van der Waals surface area contributed by atoms with E-state index in [1.165, 1.54) is 23.1 Å². The van der Waals surface area contributed by atoms with E-state index >= 15 is 0 Å². The van der Waals surface area contributed by atoms with E-state index in [-0.39, 0.29) is 17.9 Å². The van der Waals surface area contributed by atoms with Gasteiger partial charge in [0.05, 0.1) is 11.6 Å². The molecule has 0 bridgehead atoms. The summed E-state index contributed by atoms with van der Waals surface area (Å²) in [7, 11) is 3.72. The zero-order chi connectivity index (χ0) is 19.6. The first-order valence-electron chi connectivity index (χ1n) is 8.64. The van der Waals surface area contributed by atoms with Crippen molar-refractivity contribution in [1.82, 2.24) is 9.80 Å². The number of halogens is 1. The number of carbonyl (C=O) groups excluding carboxylic acids is 2. The van der Waals surface area contributed by atoms with Gasteiger partial charge in [0.2, 0.25) is 0 Å². The Kier molecular flexibility index (Phi) is 5.37. The molecule has 5 nitrogen and oxygen atoms in total. The Bertz CT molecular complexity index is 893. The first-order chi connectivity index (χ1) is 12.9. The summed E-state index contributed by atoms with van der Waals surface area (Å²) in [5.41, 5.74) is 0.866. The number of aliphatic hydroxyl groups excluding tert-OH is 1. The van der Waals surface area contributed by atoms with Crippen LogP contribution in [-0.2, 0) is 9.59 Å². The van der Waals surface area contributed by atoms with Crippen molar-refractivity contribution in [3.05, 3.63) is 77.1 Å². The van der Waals surface area contributed by atoms with Crippen molar-refractivity contribution in [3.8, 4) is 0 Å². The van der Waals surface area contributed by atoms with E-state index in [0.717, 1.165) is 0 Å². The van der Waals surface area contributed by atoms with Crippen LogP contribution in [0.5, 0.6) is 0 Å². The normalized spacial score (nSPS) is 19.1. The fourth-order valence-corrected chi connectivity index (χ4v) is 3.19. The Hall–Kier alpha value is -2.99. The molecule has 2 aromatic rings. The SMILES string of the molecule is CN(C)CCN1C(=O)C(=O)C(=C(O)c2ccccc2)[C@@H]1c1cccc(F)c1. The van der Waals surface area contributed by atoms with Gasteiger partial charge in [0.15, 0.2) is 0 Å². The number of likely N-dealkylation sites (N-methyl/N-ethyl adjacent to an activating group) is 1. The van der Waals surface area contributed by atoms with Crippen LogP contribution in [-0.4, -0.2) is 53.8 Å². The fraction of sp³-hybridized carbons (Fsp3) is 0.238. The van der Waals surface area contributed by atoms with Gasteiger partial charge < -0.3 is 14.9 Å². The smallest absolute Gasteiger partial charge is 0.295 e. The maximum absolute atomic E-state index is 13.8. The maximum atomic E-state index is 13.8. The van der Waals surface area contributed by atoms with E-state index in [4.69, 9.17) is 0 Å². The number of ketones is 1. The molecule has 2 aromatic carbocycles. The first-order valence-corrected chi connectivity index (χ1v) is 8.64. The van der Waals surface area contributed by atoms with E-state index in [2.05, 4.69) is 0 Å². The van der Waals surface area contributed by atoms with E-state index in [9.17, 15) is 19.1 Å². The monoisotopic (exact) mass is 368 g/mol. The number of likely N-dealkylation sites (tertiary alicyclic amines) is 1. The molecule has 1 aliphatic rings. The summed E-state index contributed by atoms with van der Waals surface area (Å²) < 4.78 is 13.8. The molecule has 0 aromatic heterocycles. The van der Waals surface area contributed by atoms with Gasteiger partial charge in [-0.1, -0.05) is 42.5 Å². The topological polar surface area (TPSA) is 60.9 Å². The van der Waals surface area contributed by atoms with E-state index in [0.29, 0.717) is 17.7 Å². The number of rotatable bonds is 5. The Labute approximate surface area is 157 Å². The Balaban J connectivity index is 2.15. The molecular formula is C21H21FN2O3. The van der Waals surface area contributed by atoms with Crippen molar-refractivity contribution in [3.63, 3.8) is 0 Å². The van der Waals surface area contributed by atoms with Crippen molar-refractivity contribution in [1.29, 1.82) is 0 Å². The van der Waals surface area contributed by atoms with Crippen LogP contribution in [0.3, 0.4) is 0 Å². The average molecular weight is 368 g/mol. The Morgan fingerprint density at radius 2 is 1.81 bits per heavy atom. The summed E-state index contributed by atoms with van der Waals surface area (Å²) in [6.45, 7) is 0.814. The second kappa shape index (κ2) is 7.72. The number of Topliss-reactive ketones (excluding diaryl/α,β-unsaturated/α-hetero) is 1. The predicted octanol–water partition coefficient (Wildman–Crippen LogP) is 2.81. The molecule has 0 unspecified atom stereocenters. The zero-order valence-corrected chi connectivity index (χ0v) is 15.2. The molecule has 1 fully saturated rings. The summed E-state index contributed by atoms with van der Waals surface area (Å²) in [4.78, 5) is 28.7. The highest BCUT2D eigenvalue weighted by Gasteiger charge is 2.45. The van der Waals surface area contributed by atoms with Gasteiger partial charge in [-0.15, -0.1) is 0 Å². The second-order valence-electron chi connectivity index (χ2n) is 6.72. The van der Waals surface area contributed by atoms with Crippen LogP contribution >= 0.6 is 0 Å². The van der Waals surface area contributed by atoms with E-state index < -0.39 is 23.5 Å². The van der Waals surface area contributed by atoms with Crippen LogP contribution in [0.2, 0.25) is 0 Å². The Morgan fingerprint density at radius 3 is 2.44 bits per heavy atom. The molecule has 0 aliphatic carbocycles. The number of benzene rings is 2. The molecule has 1 aliphatic heterocycles. The molecule has 1 heterocycles. The molecule has 1 N–H and O–H groups in total. The lowest BCUT2D eigenvalue weighted by atomic mass is 9.95. The minimum atomic E-state index is -0.833. The minimum Gasteiger partial charge on any atom is -0.507 e. The molecule has 140 valence electrons. The lowest BCUT2D eigenvalue weighted by Gasteiger charge is -2.26. The number of hydrogen-bond donors (Lipinski definition) is 1. The van der Waals surface area contributed by atoms with Crippen LogP contribution in [0, 0.1) is 5.82 Å². The summed E-state index contributed by atoms with van der Waals surface area (Å²) in [6, 6.07) is 13.5. The summed E-state index contributed by atoms with van der Waals surface area (Å²) in [5.74, 6) is -2.17. The minimum absolute atomic E-state index is 0.0180.